The zero-order valence-electron chi connectivity index (χ0n) is 11.9. The molecule has 0 bridgehead atoms. The third kappa shape index (κ3) is 3.52. The maximum Gasteiger partial charge on any atom is 0.122 e. The molecule has 1 N–H and O–H groups in total. The van der Waals surface area contributed by atoms with Crippen LogP contribution in [0.1, 0.15) is 44.6 Å². The lowest BCUT2D eigenvalue weighted by atomic mass is 9.85. The Morgan fingerprint density at radius 1 is 1.42 bits per heavy atom. The first-order valence-electron chi connectivity index (χ1n) is 7.21. The summed E-state index contributed by atoms with van der Waals surface area (Å²) in [7, 11) is 0. The Kier molecular flexibility index (Phi) is 5.30. The fraction of sp³-hybridized carbons (Fsp3) is 0.529. The molecule has 0 aliphatic carbocycles. The van der Waals surface area contributed by atoms with Gasteiger partial charge in [-0.15, -0.1) is 11.8 Å². The normalized spacial score (nSPS) is 18.7. The number of benzene rings is 1. The van der Waals surface area contributed by atoms with Crippen LogP contribution in [-0.2, 0) is 0 Å². The van der Waals surface area contributed by atoms with Crippen molar-refractivity contribution in [1.29, 1.82) is 0 Å². The van der Waals surface area contributed by atoms with Gasteiger partial charge in [-0.3, -0.25) is 0 Å². The Morgan fingerprint density at radius 2 is 2.26 bits per heavy atom. The van der Waals surface area contributed by atoms with Gasteiger partial charge in [0.2, 0.25) is 0 Å². The van der Waals surface area contributed by atoms with Crippen molar-refractivity contribution >= 4 is 0 Å². The van der Waals surface area contributed by atoms with Crippen LogP contribution in [0.2, 0.25) is 0 Å². The molecule has 0 saturated heterocycles. The zero-order chi connectivity index (χ0) is 13.5. The molecule has 19 heavy (non-hydrogen) atoms. The summed E-state index contributed by atoms with van der Waals surface area (Å²) in [6, 6.07) is 8.84. The molecular weight excluding hydrogens is 234 g/mol. The molecule has 1 aromatic carbocycles. The Labute approximate surface area is 116 Å². The van der Waals surface area contributed by atoms with Gasteiger partial charge < -0.3 is 10.1 Å². The van der Waals surface area contributed by atoms with Crippen molar-refractivity contribution in [1.82, 2.24) is 5.32 Å². The van der Waals surface area contributed by atoms with Gasteiger partial charge in [0, 0.05) is 18.4 Å². The molecule has 0 aromatic heterocycles. The summed E-state index contributed by atoms with van der Waals surface area (Å²) >= 11 is 0. The number of nitrogens with one attached hydrogen (secondary N) is 1. The second-order valence-electron chi connectivity index (χ2n) is 4.97. The minimum absolute atomic E-state index is 0.428. The monoisotopic (exact) mass is 257 g/mol. The van der Waals surface area contributed by atoms with Crippen LogP contribution >= 0.6 is 0 Å². The van der Waals surface area contributed by atoms with E-state index in [-0.39, 0.29) is 0 Å². The first kappa shape index (κ1) is 14.0. The Bertz CT molecular complexity index is 458. The van der Waals surface area contributed by atoms with Crippen LogP contribution in [0, 0.1) is 11.8 Å². The summed E-state index contributed by atoms with van der Waals surface area (Å²) in [4.78, 5) is 0. The summed E-state index contributed by atoms with van der Waals surface area (Å²) in [5, 5.41) is 3.66. The van der Waals surface area contributed by atoms with Crippen molar-refractivity contribution in [3.8, 4) is 17.6 Å². The van der Waals surface area contributed by atoms with E-state index in [2.05, 4.69) is 42.3 Å². The number of para-hydroxylation sites is 1. The highest BCUT2D eigenvalue weighted by molar-refractivity contribution is 5.39. The van der Waals surface area contributed by atoms with E-state index in [1.54, 1.807) is 0 Å². The van der Waals surface area contributed by atoms with Gasteiger partial charge in [-0.2, -0.15) is 0 Å². The molecule has 1 aliphatic rings. The zero-order valence-corrected chi connectivity index (χ0v) is 11.9. The number of ether oxygens (including phenoxy) is 1. The standard InChI is InChI=1S/C17H23NO/c1-3-5-9-16(18-12-4-2)14-11-13-19-17-10-7-6-8-15(14)17/h6-8,10,14,16,18H,4,9,11-13H2,1-2H3. The van der Waals surface area contributed by atoms with E-state index in [1.165, 1.54) is 5.56 Å². The van der Waals surface area contributed by atoms with E-state index in [0.717, 1.165) is 38.2 Å². The van der Waals surface area contributed by atoms with Crippen LogP contribution in [-0.4, -0.2) is 19.2 Å². The van der Waals surface area contributed by atoms with Crippen LogP contribution in [0.15, 0.2) is 24.3 Å². The van der Waals surface area contributed by atoms with Gasteiger partial charge >= 0.3 is 0 Å². The molecule has 0 fully saturated rings. The topological polar surface area (TPSA) is 21.3 Å². The molecule has 1 aliphatic heterocycles. The lowest BCUT2D eigenvalue weighted by Crippen LogP contribution is -2.37. The molecule has 2 atom stereocenters. The average molecular weight is 257 g/mol. The lowest BCUT2D eigenvalue weighted by molar-refractivity contribution is 0.246. The predicted molar refractivity (Wildman–Crippen MR) is 79.4 cm³/mol. The van der Waals surface area contributed by atoms with Gasteiger partial charge in [0.05, 0.1) is 6.61 Å². The van der Waals surface area contributed by atoms with Crippen LogP contribution < -0.4 is 10.1 Å². The van der Waals surface area contributed by atoms with E-state index in [4.69, 9.17) is 4.74 Å². The van der Waals surface area contributed by atoms with Gasteiger partial charge in [0.1, 0.15) is 5.75 Å². The van der Waals surface area contributed by atoms with Crippen molar-refractivity contribution in [2.75, 3.05) is 13.2 Å². The predicted octanol–water partition coefficient (Wildman–Crippen LogP) is 3.33. The van der Waals surface area contributed by atoms with Gasteiger partial charge in [-0.25, -0.2) is 0 Å². The van der Waals surface area contributed by atoms with Gasteiger partial charge in [-0.05, 0) is 37.9 Å². The van der Waals surface area contributed by atoms with Crippen LogP contribution in [0.5, 0.6) is 5.75 Å². The molecule has 2 heteroatoms. The second-order valence-corrected chi connectivity index (χ2v) is 4.97. The summed E-state index contributed by atoms with van der Waals surface area (Å²) in [5.74, 6) is 7.81. The third-order valence-corrected chi connectivity index (χ3v) is 3.65. The summed E-state index contributed by atoms with van der Waals surface area (Å²) < 4.78 is 5.75. The van der Waals surface area contributed by atoms with E-state index in [9.17, 15) is 0 Å². The maximum atomic E-state index is 5.75. The first-order chi connectivity index (χ1) is 9.36. The Hall–Kier alpha value is -1.46. The van der Waals surface area contributed by atoms with Gasteiger partial charge in [0.25, 0.3) is 0 Å². The summed E-state index contributed by atoms with van der Waals surface area (Å²) in [6.07, 6.45) is 3.14. The molecule has 0 amide bonds. The van der Waals surface area contributed by atoms with Crippen LogP contribution in [0.4, 0.5) is 0 Å². The summed E-state index contributed by atoms with van der Waals surface area (Å²) in [6.45, 7) is 5.98. The number of hydrogen-bond acceptors (Lipinski definition) is 2. The highest BCUT2D eigenvalue weighted by Crippen LogP contribution is 2.36. The fourth-order valence-corrected chi connectivity index (χ4v) is 2.69. The highest BCUT2D eigenvalue weighted by Gasteiger charge is 2.27. The van der Waals surface area contributed by atoms with Crippen molar-refractivity contribution in [2.45, 2.75) is 45.1 Å². The largest absolute Gasteiger partial charge is 0.493 e. The van der Waals surface area contributed by atoms with Crippen molar-refractivity contribution < 1.29 is 4.74 Å². The SMILES string of the molecule is CC#CCC(NCCC)C1CCOc2ccccc21. The van der Waals surface area contributed by atoms with Crippen molar-refractivity contribution in [3.63, 3.8) is 0 Å². The molecule has 1 heterocycles. The number of fused-ring (bicyclic) bond motifs is 1. The van der Waals surface area contributed by atoms with Crippen molar-refractivity contribution in [3.05, 3.63) is 29.8 Å². The fourth-order valence-electron chi connectivity index (χ4n) is 2.69. The van der Waals surface area contributed by atoms with Crippen molar-refractivity contribution in [2.24, 2.45) is 0 Å². The lowest BCUT2D eigenvalue weighted by Gasteiger charge is -2.32. The second kappa shape index (κ2) is 7.21. The molecule has 0 saturated carbocycles. The van der Waals surface area contributed by atoms with E-state index in [1.807, 2.05) is 13.0 Å². The Morgan fingerprint density at radius 3 is 3.05 bits per heavy atom. The average Bonchev–Trinajstić information content (AvgIpc) is 2.47. The first-order valence-corrected chi connectivity index (χ1v) is 7.21. The highest BCUT2D eigenvalue weighted by atomic mass is 16.5. The number of rotatable bonds is 5. The third-order valence-electron chi connectivity index (χ3n) is 3.65. The molecule has 2 unspecified atom stereocenters. The van der Waals surface area contributed by atoms with Crippen LogP contribution in [0.3, 0.4) is 0 Å². The molecule has 102 valence electrons. The Balaban J connectivity index is 2.18. The molecule has 2 nitrogen and oxygen atoms in total. The van der Waals surface area contributed by atoms with E-state index >= 15 is 0 Å². The van der Waals surface area contributed by atoms with Gasteiger partial charge in [0.15, 0.2) is 0 Å². The number of hydrogen-bond donors (Lipinski definition) is 1. The quantitative estimate of drug-likeness (QED) is 0.817. The molecule has 0 spiro atoms. The van der Waals surface area contributed by atoms with Crippen LogP contribution in [0.25, 0.3) is 0 Å². The molecule has 1 aromatic rings. The van der Waals surface area contributed by atoms with E-state index in [0.29, 0.717) is 12.0 Å². The molecular formula is C17H23NO. The smallest absolute Gasteiger partial charge is 0.122 e. The minimum atomic E-state index is 0.428. The molecule has 2 rings (SSSR count). The van der Waals surface area contributed by atoms with Gasteiger partial charge in [-0.1, -0.05) is 25.1 Å². The summed E-state index contributed by atoms with van der Waals surface area (Å²) in [5.41, 5.74) is 1.33. The maximum absolute atomic E-state index is 5.75. The minimum Gasteiger partial charge on any atom is -0.493 e. The van der Waals surface area contributed by atoms with E-state index < -0.39 is 0 Å². The molecule has 0 radical (unpaired) electrons.